The van der Waals surface area contributed by atoms with Crippen molar-refractivity contribution in [2.24, 2.45) is 0 Å². The van der Waals surface area contributed by atoms with Crippen LogP contribution < -0.4 is 4.74 Å². The summed E-state index contributed by atoms with van der Waals surface area (Å²) in [7, 11) is 0. The smallest absolute Gasteiger partial charge is 0.266 e. The maximum absolute atomic E-state index is 13.3. The van der Waals surface area contributed by atoms with E-state index in [4.69, 9.17) is 22.1 Å². The summed E-state index contributed by atoms with van der Waals surface area (Å²) in [6.45, 7) is 5.08. The van der Waals surface area contributed by atoms with Crippen LogP contribution in [0.4, 0.5) is 0 Å². The molecule has 0 N–H and O–H groups in total. The van der Waals surface area contributed by atoms with Crippen molar-refractivity contribution in [3.05, 3.63) is 107 Å². The zero-order valence-corrected chi connectivity index (χ0v) is 21.7. The highest BCUT2D eigenvalue weighted by Crippen LogP contribution is 2.36. The van der Waals surface area contributed by atoms with Gasteiger partial charge < -0.3 is 4.74 Å². The summed E-state index contributed by atoms with van der Waals surface area (Å²) in [6, 6.07) is 25.8. The number of thiocarbonyl (C=S) groups is 1. The Kier molecular flexibility index (Phi) is 7.02. The van der Waals surface area contributed by atoms with E-state index in [0.29, 0.717) is 22.4 Å². The van der Waals surface area contributed by atoms with E-state index in [9.17, 15) is 4.79 Å². The molecule has 5 rings (SSSR count). The lowest BCUT2D eigenvalue weighted by Gasteiger charge is -2.14. The van der Waals surface area contributed by atoms with Gasteiger partial charge in [0.25, 0.3) is 5.91 Å². The second kappa shape index (κ2) is 10.5. The van der Waals surface area contributed by atoms with E-state index in [2.05, 4.69) is 0 Å². The molecule has 1 aliphatic rings. The van der Waals surface area contributed by atoms with Crippen LogP contribution >= 0.6 is 24.0 Å². The molecule has 180 valence electrons. The van der Waals surface area contributed by atoms with Crippen LogP contribution in [0.3, 0.4) is 0 Å². The first kappa shape index (κ1) is 24.0. The van der Waals surface area contributed by atoms with Crippen molar-refractivity contribution < 1.29 is 9.53 Å². The fourth-order valence-corrected chi connectivity index (χ4v) is 5.36. The van der Waals surface area contributed by atoms with Crippen LogP contribution in [-0.4, -0.2) is 31.5 Å². The molecule has 1 fully saturated rings. The highest BCUT2D eigenvalue weighted by atomic mass is 32.2. The Morgan fingerprint density at radius 2 is 1.75 bits per heavy atom. The van der Waals surface area contributed by atoms with Crippen molar-refractivity contribution in [3.63, 3.8) is 0 Å². The minimum Gasteiger partial charge on any atom is -0.494 e. The zero-order valence-electron chi connectivity index (χ0n) is 20.0. The van der Waals surface area contributed by atoms with Gasteiger partial charge >= 0.3 is 0 Å². The fraction of sp³-hybridized carbons (Fsp3) is 0.138. The van der Waals surface area contributed by atoms with Crippen LogP contribution in [-0.2, 0) is 11.3 Å². The molecule has 1 aliphatic heterocycles. The molecule has 36 heavy (non-hydrogen) atoms. The molecule has 5 nitrogen and oxygen atoms in total. The van der Waals surface area contributed by atoms with Crippen LogP contribution in [0.15, 0.2) is 90.0 Å². The maximum atomic E-state index is 13.3. The SMILES string of the molecule is CCOc1ccc(-c2nn(-c3ccccc3)cc2/C=C2\SC(=S)N(Cc3ccccc3)C2=O)c(C)c1. The molecular formula is C29H25N3O2S2. The number of hydrogen-bond donors (Lipinski definition) is 0. The Balaban J connectivity index is 1.54. The minimum atomic E-state index is -0.0873. The lowest BCUT2D eigenvalue weighted by molar-refractivity contribution is -0.122. The van der Waals surface area contributed by atoms with E-state index in [1.54, 1.807) is 4.90 Å². The predicted octanol–water partition coefficient (Wildman–Crippen LogP) is 6.65. The number of thioether (sulfide) groups is 1. The molecule has 0 aliphatic carbocycles. The quantitative estimate of drug-likeness (QED) is 0.205. The monoisotopic (exact) mass is 511 g/mol. The van der Waals surface area contributed by atoms with E-state index in [-0.39, 0.29) is 5.91 Å². The van der Waals surface area contributed by atoms with Crippen LogP contribution in [0.5, 0.6) is 5.75 Å². The van der Waals surface area contributed by atoms with Crippen LogP contribution in [0.25, 0.3) is 23.0 Å². The van der Waals surface area contributed by atoms with Gasteiger partial charge in [-0.05, 0) is 61.4 Å². The summed E-state index contributed by atoms with van der Waals surface area (Å²) < 4.78 is 8.08. The van der Waals surface area contributed by atoms with Crippen molar-refractivity contribution in [1.29, 1.82) is 0 Å². The Hall–Kier alpha value is -3.68. The number of ether oxygens (including phenoxy) is 1. The summed E-state index contributed by atoms with van der Waals surface area (Å²) >= 11 is 6.90. The second-order valence-electron chi connectivity index (χ2n) is 8.38. The molecule has 3 aromatic carbocycles. The molecule has 0 unspecified atom stereocenters. The molecule has 2 heterocycles. The highest BCUT2D eigenvalue weighted by Gasteiger charge is 2.32. The molecule has 1 aromatic heterocycles. The van der Waals surface area contributed by atoms with Crippen molar-refractivity contribution in [2.45, 2.75) is 20.4 Å². The van der Waals surface area contributed by atoms with Gasteiger partial charge in [-0.3, -0.25) is 9.69 Å². The van der Waals surface area contributed by atoms with Crippen molar-refractivity contribution in [2.75, 3.05) is 6.61 Å². The number of nitrogens with zero attached hydrogens (tertiary/aromatic N) is 3. The number of benzene rings is 3. The first-order chi connectivity index (χ1) is 17.5. The summed E-state index contributed by atoms with van der Waals surface area (Å²) in [4.78, 5) is 15.6. The average Bonchev–Trinajstić information content (AvgIpc) is 3.42. The fourth-order valence-electron chi connectivity index (χ4n) is 4.12. The first-order valence-corrected chi connectivity index (χ1v) is 12.9. The molecule has 1 saturated heterocycles. The van der Waals surface area contributed by atoms with Gasteiger partial charge in [-0.25, -0.2) is 4.68 Å². The Morgan fingerprint density at radius 3 is 2.44 bits per heavy atom. The van der Waals surface area contributed by atoms with Crippen molar-refractivity contribution in [3.8, 4) is 22.7 Å². The normalized spacial score (nSPS) is 14.6. The molecule has 0 radical (unpaired) electrons. The summed E-state index contributed by atoms with van der Waals surface area (Å²) in [5.74, 6) is 0.736. The van der Waals surface area contributed by atoms with Gasteiger partial charge in [0.2, 0.25) is 0 Å². The van der Waals surface area contributed by atoms with Gasteiger partial charge in [-0.2, -0.15) is 5.10 Å². The van der Waals surface area contributed by atoms with Crippen LogP contribution in [0.1, 0.15) is 23.6 Å². The second-order valence-corrected chi connectivity index (χ2v) is 10.1. The van der Waals surface area contributed by atoms with E-state index < -0.39 is 0 Å². The predicted molar refractivity (Wildman–Crippen MR) is 150 cm³/mol. The third-order valence-electron chi connectivity index (χ3n) is 5.87. The van der Waals surface area contributed by atoms with E-state index in [1.165, 1.54) is 11.8 Å². The summed E-state index contributed by atoms with van der Waals surface area (Å²) in [5, 5.41) is 4.92. The molecule has 0 saturated carbocycles. The Labute approximate surface area is 220 Å². The van der Waals surface area contributed by atoms with Crippen molar-refractivity contribution >= 4 is 40.3 Å². The highest BCUT2D eigenvalue weighted by molar-refractivity contribution is 8.26. The van der Waals surface area contributed by atoms with Gasteiger partial charge in [0.05, 0.1) is 23.7 Å². The van der Waals surface area contributed by atoms with E-state index in [1.807, 2.05) is 110 Å². The number of para-hydroxylation sites is 1. The third-order valence-corrected chi connectivity index (χ3v) is 7.25. The molecule has 1 amide bonds. The number of carbonyl (C=O) groups is 1. The van der Waals surface area contributed by atoms with E-state index in [0.717, 1.165) is 39.4 Å². The molecular weight excluding hydrogens is 486 g/mol. The minimum absolute atomic E-state index is 0.0873. The number of amides is 1. The number of aryl methyl sites for hydroxylation is 1. The van der Waals surface area contributed by atoms with E-state index >= 15 is 0 Å². The standard InChI is InChI=1S/C29H25N3O2S2/c1-3-34-24-14-15-25(20(2)16-24)27-22(19-32(30-27)23-12-8-5-9-13-23)17-26-28(33)31(29(35)36-26)18-21-10-6-4-7-11-21/h4-17,19H,3,18H2,1-2H3/b26-17-. The summed E-state index contributed by atoms with van der Waals surface area (Å²) in [6.07, 6.45) is 3.87. The van der Waals surface area contributed by atoms with Crippen molar-refractivity contribution in [1.82, 2.24) is 14.7 Å². The molecule has 0 spiro atoms. The average molecular weight is 512 g/mol. The lowest BCUT2D eigenvalue weighted by Crippen LogP contribution is -2.27. The number of rotatable bonds is 7. The van der Waals surface area contributed by atoms with Gasteiger partial charge in [0, 0.05) is 17.3 Å². The summed E-state index contributed by atoms with van der Waals surface area (Å²) in [5.41, 5.74) is 5.67. The lowest BCUT2D eigenvalue weighted by atomic mass is 10.0. The first-order valence-electron chi connectivity index (χ1n) is 11.7. The number of carbonyl (C=O) groups excluding carboxylic acids is 1. The van der Waals surface area contributed by atoms with Gasteiger partial charge in [-0.1, -0.05) is 72.5 Å². The number of hydrogen-bond acceptors (Lipinski definition) is 5. The van der Waals surface area contributed by atoms with Gasteiger partial charge in [-0.15, -0.1) is 0 Å². The molecule has 0 bridgehead atoms. The Bertz CT molecular complexity index is 1450. The van der Waals surface area contributed by atoms with Gasteiger partial charge in [0.15, 0.2) is 0 Å². The van der Waals surface area contributed by atoms with Crippen LogP contribution in [0, 0.1) is 6.92 Å². The van der Waals surface area contributed by atoms with Crippen LogP contribution in [0.2, 0.25) is 0 Å². The zero-order chi connectivity index (χ0) is 25.1. The number of aromatic nitrogens is 2. The maximum Gasteiger partial charge on any atom is 0.266 e. The third kappa shape index (κ3) is 4.98. The largest absolute Gasteiger partial charge is 0.494 e. The molecule has 7 heteroatoms. The Morgan fingerprint density at radius 1 is 1.03 bits per heavy atom. The molecule has 4 aromatic rings. The van der Waals surface area contributed by atoms with Gasteiger partial charge in [0.1, 0.15) is 15.8 Å². The topological polar surface area (TPSA) is 47.4 Å². The molecule has 0 atom stereocenters.